The van der Waals surface area contributed by atoms with Crippen LogP contribution in [-0.4, -0.2) is 29.7 Å². The fraction of sp³-hybridized carbons (Fsp3) is 0.308. The van der Waals surface area contributed by atoms with Crippen LogP contribution in [0.5, 0.6) is 0 Å². The van der Waals surface area contributed by atoms with E-state index in [1.54, 1.807) is 24.4 Å². The molecule has 0 spiro atoms. The highest BCUT2D eigenvalue weighted by Crippen LogP contribution is 2.24. The minimum atomic E-state index is -0.852. The molecule has 1 aromatic carbocycles. The standard InChI is InChI=1S/C13H15ClN4O2/c14-10-4-2-1-3-9(10)12(18-15)7-16-8-5-11(13(19)20)17-6-8/h1-4,7-8,11,15-17H,5-6H2,(H,19,20)/b12-7-,18-15?. The zero-order valence-electron chi connectivity index (χ0n) is 10.6. The number of nitrogens with zero attached hydrogens (tertiary/aromatic N) is 1. The third kappa shape index (κ3) is 3.34. The Morgan fingerprint density at radius 2 is 2.30 bits per heavy atom. The number of halogens is 1. The molecule has 106 valence electrons. The lowest BCUT2D eigenvalue weighted by molar-refractivity contribution is -0.139. The largest absolute Gasteiger partial charge is 0.480 e. The highest BCUT2D eigenvalue weighted by Gasteiger charge is 2.28. The van der Waals surface area contributed by atoms with Crippen molar-refractivity contribution in [1.29, 1.82) is 5.53 Å². The van der Waals surface area contributed by atoms with E-state index in [9.17, 15) is 4.79 Å². The molecule has 7 heteroatoms. The number of hydrogen-bond donors (Lipinski definition) is 4. The molecule has 1 aromatic rings. The second-order valence-corrected chi connectivity index (χ2v) is 4.93. The predicted molar refractivity (Wildman–Crippen MR) is 75.5 cm³/mol. The van der Waals surface area contributed by atoms with Crippen molar-refractivity contribution in [1.82, 2.24) is 10.6 Å². The van der Waals surface area contributed by atoms with Gasteiger partial charge in [0.2, 0.25) is 0 Å². The van der Waals surface area contributed by atoms with Gasteiger partial charge in [0.25, 0.3) is 0 Å². The highest BCUT2D eigenvalue weighted by molar-refractivity contribution is 6.32. The molecule has 0 bridgehead atoms. The minimum absolute atomic E-state index is 0.00432. The Morgan fingerprint density at radius 3 is 2.90 bits per heavy atom. The summed E-state index contributed by atoms with van der Waals surface area (Å²) >= 11 is 6.06. The second-order valence-electron chi connectivity index (χ2n) is 4.52. The summed E-state index contributed by atoms with van der Waals surface area (Å²) in [6.45, 7) is 0.557. The number of rotatable bonds is 5. The topological polar surface area (TPSA) is 97.6 Å². The van der Waals surface area contributed by atoms with Crippen molar-refractivity contribution in [2.24, 2.45) is 5.11 Å². The monoisotopic (exact) mass is 294 g/mol. The number of benzene rings is 1. The highest BCUT2D eigenvalue weighted by atomic mass is 35.5. The SMILES string of the molecule is N=N/C(=C\NC1CNC(C(=O)O)C1)c1ccccc1Cl. The number of carboxylic acid groups (broad SMARTS) is 1. The first-order chi connectivity index (χ1) is 9.61. The van der Waals surface area contributed by atoms with Crippen LogP contribution in [0.15, 0.2) is 35.6 Å². The van der Waals surface area contributed by atoms with Crippen molar-refractivity contribution in [3.05, 3.63) is 41.1 Å². The minimum Gasteiger partial charge on any atom is -0.480 e. The summed E-state index contributed by atoms with van der Waals surface area (Å²) in [6.07, 6.45) is 2.09. The van der Waals surface area contributed by atoms with Gasteiger partial charge in [0, 0.05) is 24.4 Å². The maximum Gasteiger partial charge on any atom is 0.320 e. The molecule has 2 unspecified atom stereocenters. The van der Waals surface area contributed by atoms with E-state index in [1.807, 2.05) is 6.07 Å². The van der Waals surface area contributed by atoms with Crippen molar-refractivity contribution in [2.75, 3.05) is 6.54 Å². The van der Waals surface area contributed by atoms with Crippen molar-refractivity contribution in [2.45, 2.75) is 18.5 Å². The number of aliphatic carboxylic acids is 1. The molecule has 0 radical (unpaired) electrons. The van der Waals surface area contributed by atoms with Gasteiger partial charge in [0.15, 0.2) is 0 Å². The fourth-order valence-corrected chi connectivity index (χ4v) is 2.32. The van der Waals surface area contributed by atoms with Gasteiger partial charge >= 0.3 is 5.97 Å². The summed E-state index contributed by atoms with van der Waals surface area (Å²) < 4.78 is 0. The van der Waals surface area contributed by atoms with Crippen molar-refractivity contribution in [3.8, 4) is 0 Å². The molecule has 1 fully saturated rings. The average Bonchev–Trinajstić information content (AvgIpc) is 2.90. The van der Waals surface area contributed by atoms with Crippen molar-refractivity contribution >= 4 is 23.3 Å². The zero-order chi connectivity index (χ0) is 14.5. The Hall–Kier alpha value is -1.92. The fourth-order valence-electron chi connectivity index (χ4n) is 2.09. The molecule has 0 amide bonds. The van der Waals surface area contributed by atoms with Gasteiger partial charge < -0.3 is 15.7 Å². The molecule has 1 aliphatic rings. The number of carbonyl (C=O) groups is 1. The Balaban J connectivity index is 2.05. The van der Waals surface area contributed by atoms with E-state index in [2.05, 4.69) is 15.7 Å². The van der Waals surface area contributed by atoms with Crippen LogP contribution in [0.2, 0.25) is 5.02 Å². The van der Waals surface area contributed by atoms with Gasteiger partial charge in [-0.2, -0.15) is 5.11 Å². The van der Waals surface area contributed by atoms with Gasteiger partial charge in [-0.25, -0.2) is 5.53 Å². The molecule has 20 heavy (non-hydrogen) atoms. The summed E-state index contributed by atoms with van der Waals surface area (Å²) in [5.41, 5.74) is 8.30. The van der Waals surface area contributed by atoms with Crippen LogP contribution in [0.3, 0.4) is 0 Å². The molecule has 0 saturated carbocycles. The zero-order valence-corrected chi connectivity index (χ0v) is 11.4. The first kappa shape index (κ1) is 14.5. The van der Waals surface area contributed by atoms with E-state index in [-0.39, 0.29) is 6.04 Å². The Kier molecular flexibility index (Phi) is 4.70. The lowest BCUT2D eigenvalue weighted by Crippen LogP contribution is -2.30. The number of hydrogen-bond acceptors (Lipinski definition) is 5. The lowest BCUT2D eigenvalue weighted by Gasteiger charge is -2.10. The summed E-state index contributed by atoms with van der Waals surface area (Å²) in [5, 5.41) is 18.9. The third-order valence-corrected chi connectivity index (χ3v) is 3.48. The van der Waals surface area contributed by atoms with Gasteiger partial charge in [0.05, 0.1) is 5.02 Å². The quantitative estimate of drug-likeness (QED) is 0.625. The Bertz CT molecular complexity index is 547. The van der Waals surface area contributed by atoms with E-state index < -0.39 is 12.0 Å². The van der Waals surface area contributed by atoms with Crippen molar-refractivity contribution < 1.29 is 9.90 Å². The van der Waals surface area contributed by atoms with E-state index in [0.717, 1.165) is 0 Å². The molecular formula is C13H15ClN4O2. The van der Waals surface area contributed by atoms with E-state index >= 15 is 0 Å². The molecule has 6 nitrogen and oxygen atoms in total. The summed E-state index contributed by atoms with van der Waals surface area (Å²) in [7, 11) is 0. The smallest absolute Gasteiger partial charge is 0.320 e. The number of carboxylic acids is 1. The van der Waals surface area contributed by atoms with E-state index in [1.165, 1.54) is 0 Å². The van der Waals surface area contributed by atoms with E-state index in [4.69, 9.17) is 22.2 Å². The molecular weight excluding hydrogens is 280 g/mol. The van der Waals surface area contributed by atoms with Crippen LogP contribution >= 0.6 is 11.6 Å². The van der Waals surface area contributed by atoms with Crippen LogP contribution in [0.1, 0.15) is 12.0 Å². The summed E-state index contributed by atoms with van der Waals surface area (Å²) in [5.74, 6) is -0.852. The predicted octanol–water partition coefficient (Wildman–Crippen LogP) is 2.07. The third-order valence-electron chi connectivity index (χ3n) is 3.15. The van der Waals surface area contributed by atoms with Gasteiger partial charge in [-0.3, -0.25) is 4.79 Å². The van der Waals surface area contributed by atoms with Crippen LogP contribution in [0.4, 0.5) is 0 Å². The normalized spacial score (nSPS) is 22.6. The van der Waals surface area contributed by atoms with Gasteiger partial charge in [-0.1, -0.05) is 29.8 Å². The summed E-state index contributed by atoms with van der Waals surface area (Å²) in [4.78, 5) is 10.8. The van der Waals surface area contributed by atoms with Gasteiger partial charge in [-0.05, 0) is 12.5 Å². The lowest BCUT2D eigenvalue weighted by atomic mass is 10.1. The molecule has 0 aliphatic carbocycles. The van der Waals surface area contributed by atoms with Crippen LogP contribution in [-0.2, 0) is 4.79 Å². The first-order valence-electron chi connectivity index (χ1n) is 6.16. The average molecular weight is 295 g/mol. The van der Waals surface area contributed by atoms with Crippen LogP contribution < -0.4 is 10.6 Å². The second kappa shape index (κ2) is 6.49. The molecule has 2 atom stereocenters. The van der Waals surface area contributed by atoms with Crippen molar-refractivity contribution in [3.63, 3.8) is 0 Å². The van der Waals surface area contributed by atoms with Crippen LogP contribution in [0, 0.1) is 5.53 Å². The molecule has 0 aromatic heterocycles. The Labute approximate surface area is 121 Å². The molecule has 1 saturated heterocycles. The molecule has 4 N–H and O–H groups in total. The Morgan fingerprint density at radius 1 is 1.55 bits per heavy atom. The van der Waals surface area contributed by atoms with E-state index in [0.29, 0.717) is 29.2 Å². The van der Waals surface area contributed by atoms with Crippen LogP contribution in [0.25, 0.3) is 5.70 Å². The maximum absolute atomic E-state index is 10.8. The van der Waals surface area contributed by atoms with Gasteiger partial charge in [0.1, 0.15) is 11.7 Å². The molecule has 1 aliphatic heterocycles. The maximum atomic E-state index is 10.8. The summed E-state index contributed by atoms with van der Waals surface area (Å²) in [6, 6.07) is 6.60. The molecule has 1 heterocycles. The first-order valence-corrected chi connectivity index (χ1v) is 6.54. The number of nitrogens with one attached hydrogen (secondary N) is 3. The van der Waals surface area contributed by atoms with Gasteiger partial charge in [-0.15, -0.1) is 0 Å². The molecule has 2 rings (SSSR count).